The highest BCUT2D eigenvalue weighted by Gasteiger charge is 2.34. The van der Waals surface area contributed by atoms with Gasteiger partial charge in [0.1, 0.15) is 11.6 Å². The van der Waals surface area contributed by atoms with E-state index in [1.807, 2.05) is 30.3 Å². The SMILES string of the molecule is CC(C)(C)OC(=O)NC(CC(=O)N1CCCC1C(N)=O)c1cc2ccccc2s1. The minimum Gasteiger partial charge on any atom is -0.444 e. The summed E-state index contributed by atoms with van der Waals surface area (Å²) in [7, 11) is 0. The van der Waals surface area contributed by atoms with E-state index < -0.39 is 29.7 Å². The van der Waals surface area contributed by atoms with Crippen LogP contribution in [0.3, 0.4) is 0 Å². The van der Waals surface area contributed by atoms with Gasteiger partial charge in [-0.05, 0) is 51.1 Å². The second kappa shape index (κ2) is 8.41. The number of fused-ring (bicyclic) bond motifs is 1. The van der Waals surface area contributed by atoms with Crippen molar-refractivity contribution in [2.75, 3.05) is 6.54 Å². The first-order valence-electron chi connectivity index (χ1n) is 9.71. The number of benzene rings is 1. The summed E-state index contributed by atoms with van der Waals surface area (Å²) in [5, 5.41) is 3.88. The van der Waals surface area contributed by atoms with Gasteiger partial charge in [0.2, 0.25) is 11.8 Å². The number of nitrogens with one attached hydrogen (secondary N) is 1. The second-order valence-corrected chi connectivity index (χ2v) is 9.35. The summed E-state index contributed by atoms with van der Waals surface area (Å²) in [5.41, 5.74) is 4.80. The van der Waals surface area contributed by atoms with Gasteiger partial charge in [0.15, 0.2) is 0 Å². The molecule has 3 amide bonds. The molecule has 2 atom stereocenters. The Morgan fingerprint density at radius 1 is 1.31 bits per heavy atom. The number of carbonyl (C=O) groups excluding carboxylic acids is 3. The first kappa shape index (κ1) is 21.1. The molecular formula is C21H27N3O4S. The molecule has 0 aliphatic carbocycles. The van der Waals surface area contributed by atoms with Crippen LogP contribution in [0, 0.1) is 0 Å². The molecule has 1 aliphatic rings. The smallest absolute Gasteiger partial charge is 0.408 e. The highest BCUT2D eigenvalue weighted by molar-refractivity contribution is 7.19. The number of thiophene rings is 1. The Morgan fingerprint density at radius 2 is 2.03 bits per heavy atom. The van der Waals surface area contributed by atoms with Crippen molar-refractivity contribution >= 4 is 39.3 Å². The summed E-state index contributed by atoms with van der Waals surface area (Å²) in [6.45, 7) is 5.85. The molecule has 0 radical (unpaired) electrons. The molecule has 1 aliphatic heterocycles. The number of hydrogen-bond donors (Lipinski definition) is 2. The average molecular weight is 418 g/mol. The first-order chi connectivity index (χ1) is 13.6. The molecule has 1 saturated heterocycles. The lowest BCUT2D eigenvalue weighted by Crippen LogP contribution is -2.45. The number of ether oxygens (including phenoxy) is 1. The third kappa shape index (κ3) is 5.26. The number of alkyl carbamates (subject to hydrolysis) is 1. The Kier molecular flexibility index (Phi) is 6.12. The van der Waals surface area contributed by atoms with Gasteiger partial charge in [-0.15, -0.1) is 11.3 Å². The van der Waals surface area contributed by atoms with E-state index >= 15 is 0 Å². The van der Waals surface area contributed by atoms with Gasteiger partial charge in [-0.2, -0.15) is 0 Å². The van der Waals surface area contributed by atoms with Crippen molar-refractivity contribution in [3.05, 3.63) is 35.2 Å². The molecule has 1 aromatic heterocycles. The molecule has 0 saturated carbocycles. The van der Waals surface area contributed by atoms with Crippen molar-refractivity contribution in [3.8, 4) is 0 Å². The summed E-state index contributed by atoms with van der Waals surface area (Å²) in [5.74, 6) is -0.695. The number of primary amides is 1. The summed E-state index contributed by atoms with van der Waals surface area (Å²) >= 11 is 1.52. The molecule has 0 bridgehead atoms. The summed E-state index contributed by atoms with van der Waals surface area (Å²) in [4.78, 5) is 39.4. The van der Waals surface area contributed by atoms with Crippen LogP contribution in [0.4, 0.5) is 4.79 Å². The lowest BCUT2D eigenvalue weighted by atomic mass is 10.1. The number of hydrogen-bond acceptors (Lipinski definition) is 5. The summed E-state index contributed by atoms with van der Waals surface area (Å²) in [6.07, 6.45) is 0.775. The number of nitrogens with two attached hydrogens (primary N) is 1. The van der Waals surface area contributed by atoms with Crippen LogP contribution in [0.1, 0.15) is 51.0 Å². The quantitative estimate of drug-likeness (QED) is 0.779. The van der Waals surface area contributed by atoms with Crippen LogP contribution in [0.25, 0.3) is 10.1 Å². The van der Waals surface area contributed by atoms with Gasteiger partial charge in [0, 0.05) is 16.1 Å². The molecule has 3 rings (SSSR count). The largest absolute Gasteiger partial charge is 0.444 e. The fourth-order valence-corrected chi connectivity index (χ4v) is 4.62. The maximum absolute atomic E-state index is 13.0. The van der Waals surface area contributed by atoms with E-state index in [0.29, 0.717) is 13.0 Å². The van der Waals surface area contributed by atoms with E-state index in [1.165, 1.54) is 16.2 Å². The minimum atomic E-state index is -0.648. The van der Waals surface area contributed by atoms with Crippen molar-refractivity contribution in [2.45, 2.75) is 57.7 Å². The number of nitrogens with zero attached hydrogens (tertiary/aromatic N) is 1. The van der Waals surface area contributed by atoms with Gasteiger partial charge in [0.05, 0.1) is 12.5 Å². The van der Waals surface area contributed by atoms with E-state index in [0.717, 1.165) is 21.4 Å². The van der Waals surface area contributed by atoms with Crippen molar-refractivity contribution in [1.29, 1.82) is 0 Å². The molecule has 29 heavy (non-hydrogen) atoms. The maximum Gasteiger partial charge on any atom is 0.408 e. The number of carbonyl (C=O) groups is 3. The highest BCUT2D eigenvalue weighted by Crippen LogP contribution is 2.32. The standard InChI is InChI=1S/C21H27N3O4S/c1-21(2,3)28-20(27)23-14(17-11-13-7-4-5-9-16(13)29-17)12-18(25)24-10-6-8-15(24)19(22)26/h4-5,7,9,11,14-15H,6,8,10,12H2,1-3H3,(H2,22,26)(H,23,27). The van der Waals surface area contributed by atoms with Crippen molar-refractivity contribution in [1.82, 2.24) is 10.2 Å². The molecule has 7 nitrogen and oxygen atoms in total. The Morgan fingerprint density at radius 3 is 2.69 bits per heavy atom. The van der Waals surface area contributed by atoms with Crippen LogP contribution >= 0.6 is 11.3 Å². The first-order valence-corrected chi connectivity index (χ1v) is 10.5. The third-order valence-electron chi connectivity index (χ3n) is 4.76. The van der Waals surface area contributed by atoms with E-state index in [4.69, 9.17) is 10.5 Å². The zero-order valence-corrected chi connectivity index (χ0v) is 17.8. The monoisotopic (exact) mass is 417 g/mol. The molecule has 3 N–H and O–H groups in total. The van der Waals surface area contributed by atoms with E-state index in [9.17, 15) is 14.4 Å². The van der Waals surface area contributed by atoms with Gasteiger partial charge >= 0.3 is 6.09 Å². The zero-order valence-electron chi connectivity index (χ0n) is 16.9. The van der Waals surface area contributed by atoms with Crippen LogP contribution in [-0.4, -0.2) is 41.0 Å². The Hall–Kier alpha value is -2.61. The Labute approximate surface area is 174 Å². The van der Waals surface area contributed by atoms with Gasteiger partial charge in [-0.25, -0.2) is 4.79 Å². The topological polar surface area (TPSA) is 102 Å². The van der Waals surface area contributed by atoms with Crippen LogP contribution < -0.4 is 11.1 Å². The molecule has 156 valence electrons. The fourth-order valence-electron chi connectivity index (χ4n) is 3.50. The predicted molar refractivity (Wildman–Crippen MR) is 112 cm³/mol. The maximum atomic E-state index is 13.0. The van der Waals surface area contributed by atoms with Crippen LogP contribution in [0.15, 0.2) is 30.3 Å². The van der Waals surface area contributed by atoms with Crippen molar-refractivity contribution < 1.29 is 19.1 Å². The molecule has 1 aromatic carbocycles. The zero-order chi connectivity index (χ0) is 21.2. The van der Waals surface area contributed by atoms with E-state index in [1.54, 1.807) is 20.8 Å². The van der Waals surface area contributed by atoms with E-state index in [2.05, 4.69) is 5.32 Å². The van der Waals surface area contributed by atoms with Gasteiger partial charge in [0.25, 0.3) is 0 Å². The lowest BCUT2D eigenvalue weighted by Gasteiger charge is -2.26. The fraction of sp³-hybridized carbons (Fsp3) is 0.476. The highest BCUT2D eigenvalue weighted by atomic mass is 32.1. The van der Waals surface area contributed by atoms with Crippen molar-refractivity contribution in [2.24, 2.45) is 5.73 Å². The Bertz CT molecular complexity index is 885. The Balaban J connectivity index is 1.83. The number of amides is 3. The summed E-state index contributed by atoms with van der Waals surface area (Å²) in [6, 6.07) is 8.74. The van der Waals surface area contributed by atoms with E-state index in [-0.39, 0.29) is 12.3 Å². The molecule has 0 spiro atoms. The molecule has 1 fully saturated rings. The lowest BCUT2D eigenvalue weighted by molar-refractivity contribution is -0.137. The van der Waals surface area contributed by atoms with Gasteiger partial charge in [-0.1, -0.05) is 18.2 Å². The van der Waals surface area contributed by atoms with Crippen LogP contribution in [0.5, 0.6) is 0 Å². The normalized spacial score (nSPS) is 17.9. The number of likely N-dealkylation sites (tertiary alicyclic amines) is 1. The molecule has 2 heterocycles. The van der Waals surface area contributed by atoms with Crippen molar-refractivity contribution in [3.63, 3.8) is 0 Å². The minimum absolute atomic E-state index is 0.0375. The van der Waals surface area contributed by atoms with Gasteiger partial charge < -0.3 is 20.7 Å². The molecular weight excluding hydrogens is 390 g/mol. The molecule has 2 unspecified atom stereocenters. The van der Waals surface area contributed by atoms with Crippen LogP contribution in [0.2, 0.25) is 0 Å². The summed E-state index contributed by atoms with van der Waals surface area (Å²) < 4.78 is 6.46. The predicted octanol–water partition coefficient (Wildman–Crippen LogP) is 3.33. The van der Waals surface area contributed by atoms with Crippen LogP contribution in [-0.2, 0) is 14.3 Å². The second-order valence-electron chi connectivity index (χ2n) is 8.24. The third-order valence-corrected chi connectivity index (χ3v) is 5.99. The van der Waals surface area contributed by atoms with Gasteiger partial charge in [-0.3, -0.25) is 9.59 Å². The average Bonchev–Trinajstić information content (AvgIpc) is 3.26. The molecule has 8 heteroatoms. The number of rotatable bonds is 5. The molecule has 2 aromatic rings.